The van der Waals surface area contributed by atoms with Crippen LogP contribution in [0.4, 0.5) is 0 Å². The number of carboxylic acids is 1. The van der Waals surface area contributed by atoms with E-state index in [0.29, 0.717) is 55.0 Å². The molecule has 0 aromatic heterocycles. The number of aliphatic hydroxyl groups excluding tert-OH is 2. The highest BCUT2D eigenvalue weighted by Gasteiger charge is 2.62. The van der Waals surface area contributed by atoms with Crippen LogP contribution in [-0.4, -0.2) is 57.4 Å². The molecule has 1 aliphatic heterocycles. The molecule has 0 spiro atoms. The lowest BCUT2D eigenvalue weighted by Crippen LogP contribution is -2.58. The van der Waals surface area contributed by atoms with E-state index in [-0.39, 0.29) is 34.9 Å². The fourth-order valence-electron chi connectivity index (χ4n) is 9.72. The van der Waals surface area contributed by atoms with Gasteiger partial charge in [-0.2, -0.15) is 0 Å². The van der Waals surface area contributed by atoms with Gasteiger partial charge in [0.15, 0.2) is 0 Å². The van der Waals surface area contributed by atoms with Gasteiger partial charge < -0.3 is 20.2 Å². The van der Waals surface area contributed by atoms with Crippen LogP contribution in [0.15, 0.2) is 0 Å². The molecule has 1 amide bonds. The Bertz CT molecular complexity index is 811. The zero-order valence-electron chi connectivity index (χ0n) is 21.3. The molecule has 10 atom stereocenters. The van der Waals surface area contributed by atoms with Gasteiger partial charge in [-0.15, -0.1) is 0 Å². The summed E-state index contributed by atoms with van der Waals surface area (Å²) in [7, 11) is 0. The first kappa shape index (κ1) is 24.5. The van der Waals surface area contributed by atoms with Crippen molar-refractivity contribution in [1.82, 2.24) is 4.90 Å². The number of fused-ring (bicyclic) bond motifs is 5. The van der Waals surface area contributed by atoms with E-state index in [1.807, 2.05) is 0 Å². The molecular weight excluding hydrogens is 430 g/mol. The lowest BCUT2D eigenvalue weighted by atomic mass is 9.43. The van der Waals surface area contributed by atoms with Crippen molar-refractivity contribution in [2.24, 2.45) is 52.3 Å². The van der Waals surface area contributed by atoms with E-state index in [1.165, 1.54) is 25.7 Å². The highest BCUT2D eigenvalue weighted by molar-refractivity contribution is 5.80. The molecule has 192 valence electrons. The minimum absolute atomic E-state index is 0.105. The summed E-state index contributed by atoms with van der Waals surface area (Å²) in [4.78, 5) is 25.3. The number of hydrogen-bond acceptors (Lipinski definition) is 4. The lowest BCUT2D eigenvalue weighted by molar-refractivity contribution is -0.174. The first-order valence-electron chi connectivity index (χ1n) is 13.9. The van der Waals surface area contributed by atoms with E-state index in [4.69, 9.17) is 5.11 Å². The second kappa shape index (κ2) is 8.76. The summed E-state index contributed by atoms with van der Waals surface area (Å²) < 4.78 is 0. The minimum Gasteiger partial charge on any atom is -0.481 e. The third kappa shape index (κ3) is 3.82. The molecular formula is C28H45NO5. The van der Waals surface area contributed by atoms with Crippen molar-refractivity contribution in [3.05, 3.63) is 0 Å². The molecule has 6 heteroatoms. The summed E-state index contributed by atoms with van der Waals surface area (Å²) in [5.74, 6) is 1.91. The second-order valence-corrected chi connectivity index (χ2v) is 13.3. The van der Waals surface area contributed by atoms with E-state index in [0.717, 1.165) is 32.1 Å². The number of carbonyl (C=O) groups excluding carboxylic acids is 1. The third-order valence-corrected chi connectivity index (χ3v) is 11.8. The van der Waals surface area contributed by atoms with Crippen LogP contribution in [0.3, 0.4) is 0 Å². The summed E-state index contributed by atoms with van der Waals surface area (Å²) in [5, 5.41) is 30.7. The van der Waals surface area contributed by atoms with Gasteiger partial charge in [0.25, 0.3) is 0 Å². The molecule has 5 fully saturated rings. The largest absolute Gasteiger partial charge is 0.481 e. The average molecular weight is 476 g/mol. The summed E-state index contributed by atoms with van der Waals surface area (Å²) in [6.45, 7) is 7.97. The molecule has 0 aromatic rings. The number of likely N-dealkylation sites (tertiary alicyclic amines) is 1. The molecule has 6 nitrogen and oxygen atoms in total. The van der Waals surface area contributed by atoms with Crippen LogP contribution < -0.4 is 0 Å². The highest BCUT2D eigenvalue weighted by Crippen LogP contribution is 2.68. The zero-order chi connectivity index (χ0) is 24.4. The van der Waals surface area contributed by atoms with Crippen molar-refractivity contribution in [3.8, 4) is 0 Å². The van der Waals surface area contributed by atoms with Gasteiger partial charge in [0.2, 0.25) is 5.91 Å². The third-order valence-electron chi connectivity index (χ3n) is 11.8. The van der Waals surface area contributed by atoms with Gasteiger partial charge in [0.05, 0.1) is 18.1 Å². The maximum absolute atomic E-state index is 12.6. The molecule has 6 unspecified atom stereocenters. The maximum Gasteiger partial charge on any atom is 0.310 e. The van der Waals surface area contributed by atoms with Gasteiger partial charge >= 0.3 is 5.97 Å². The SMILES string of the molecule is CC(CCC(=O)N1CC(C(=O)O)C1)C1CCC2C3C(O)C[C@@H]4C[C@H](O)CC[C@]4(C)C3CC[C@]12C. The topological polar surface area (TPSA) is 98.1 Å². The van der Waals surface area contributed by atoms with Gasteiger partial charge in [-0.1, -0.05) is 20.8 Å². The van der Waals surface area contributed by atoms with Crippen molar-refractivity contribution in [3.63, 3.8) is 0 Å². The van der Waals surface area contributed by atoms with Crippen LogP contribution in [-0.2, 0) is 9.59 Å². The molecule has 5 aliphatic rings. The fourth-order valence-corrected chi connectivity index (χ4v) is 9.72. The molecule has 4 aliphatic carbocycles. The molecule has 1 heterocycles. The molecule has 4 saturated carbocycles. The van der Waals surface area contributed by atoms with Crippen LogP contribution >= 0.6 is 0 Å². The van der Waals surface area contributed by atoms with Gasteiger partial charge in [0.1, 0.15) is 0 Å². The van der Waals surface area contributed by atoms with Crippen LogP contribution in [0.2, 0.25) is 0 Å². The Hall–Kier alpha value is -1.14. The number of carboxylic acid groups (broad SMARTS) is 1. The number of hydrogen-bond donors (Lipinski definition) is 3. The lowest BCUT2D eigenvalue weighted by Gasteiger charge is -2.62. The predicted octanol–water partition coefficient (Wildman–Crippen LogP) is 3.94. The van der Waals surface area contributed by atoms with Crippen molar-refractivity contribution in [2.75, 3.05) is 13.1 Å². The quantitative estimate of drug-likeness (QED) is 0.560. The van der Waals surface area contributed by atoms with Crippen LogP contribution in [0.25, 0.3) is 0 Å². The zero-order valence-corrected chi connectivity index (χ0v) is 21.3. The first-order valence-corrected chi connectivity index (χ1v) is 13.9. The number of aliphatic carboxylic acids is 1. The van der Waals surface area contributed by atoms with Crippen molar-refractivity contribution in [2.45, 2.75) is 97.2 Å². The monoisotopic (exact) mass is 475 g/mol. The molecule has 0 aromatic carbocycles. The van der Waals surface area contributed by atoms with E-state index < -0.39 is 5.97 Å². The normalized spacial score (nSPS) is 47.2. The highest BCUT2D eigenvalue weighted by atomic mass is 16.4. The second-order valence-electron chi connectivity index (χ2n) is 13.3. The van der Waals surface area contributed by atoms with Crippen molar-refractivity contribution in [1.29, 1.82) is 0 Å². The van der Waals surface area contributed by atoms with E-state index >= 15 is 0 Å². The summed E-state index contributed by atoms with van der Waals surface area (Å²) in [5.41, 5.74) is 0.485. The van der Waals surface area contributed by atoms with E-state index in [9.17, 15) is 19.8 Å². The Morgan fingerprint density at radius 1 is 0.971 bits per heavy atom. The van der Waals surface area contributed by atoms with Gasteiger partial charge in [0, 0.05) is 19.5 Å². The summed E-state index contributed by atoms with van der Waals surface area (Å²) >= 11 is 0. The predicted molar refractivity (Wildman–Crippen MR) is 129 cm³/mol. The Balaban J connectivity index is 1.23. The first-order chi connectivity index (χ1) is 16.0. The minimum atomic E-state index is -0.799. The smallest absolute Gasteiger partial charge is 0.310 e. The molecule has 1 saturated heterocycles. The number of aliphatic hydroxyl groups is 2. The molecule has 0 bridgehead atoms. The number of rotatable bonds is 5. The van der Waals surface area contributed by atoms with Crippen LogP contribution in [0.5, 0.6) is 0 Å². The standard InChI is InChI=1S/C28H45NO5/c1-16(4-7-24(32)29-14-17(15-29)26(33)34)20-5-6-21-25-22(9-11-28(20,21)3)27(2)10-8-19(30)12-18(27)13-23(25)31/h16-23,25,30-31H,4-15H2,1-3H3,(H,33,34)/t16?,18-,19+,20?,21?,22?,23?,25?,27-,28+/m0/s1. The van der Waals surface area contributed by atoms with Gasteiger partial charge in [-0.25, -0.2) is 0 Å². The van der Waals surface area contributed by atoms with Gasteiger partial charge in [-0.05, 0) is 104 Å². The number of carbonyl (C=O) groups is 2. The van der Waals surface area contributed by atoms with E-state index in [2.05, 4.69) is 20.8 Å². The Morgan fingerprint density at radius 3 is 2.35 bits per heavy atom. The molecule has 3 N–H and O–H groups in total. The summed E-state index contributed by atoms with van der Waals surface area (Å²) in [6, 6.07) is 0. The Morgan fingerprint density at radius 2 is 1.65 bits per heavy atom. The van der Waals surface area contributed by atoms with Crippen molar-refractivity contribution >= 4 is 11.9 Å². The fraction of sp³-hybridized carbons (Fsp3) is 0.929. The molecule has 34 heavy (non-hydrogen) atoms. The van der Waals surface area contributed by atoms with Crippen LogP contribution in [0, 0.1) is 52.3 Å². The average Bonchev–Trinajstić information content (AvgIpc) is 3.09. The van der Waals surface area contributed by atoms with E-state index in [1.54, 1.807) is 4.90 Å². The number of nitrogens with zero attached hydrogens (tertiary/aromatic N) is 1. The maximum atomic E-state index is 12.6. The Labute approximate surface area is 204 Å². The Kier molecular flexibility index (Phi) is 6.32. The van der Waals surface area contributed by atoms with Gasteiger partial charge in [-0.3, -0.25) is 9.59 Å². The number of amides is 1. The molecule has 0 radical (unpaired) electrons. The van der Waals surface area contributed by atoms with Crippen molar-refractivity contribution < 1.29 is 24.9 Å². The summed E-state index contributed by atoms with van der Waals surface area (Å²) in [6.07, 6.45) is 9.43. The molecule has 5 rings (SSSR count). The van der Waals surface area contributed by atoms with Crippen LogP contribution in [0.1, 0.15) is 85.0 Å².